The number of nitrogens with zero attached hydrogens (tertiary/aromatic N) is 1. The van der Waals surface area contributed by atoms with Crippen LogP contribution in [0.1, 0.15) is 0 Å². The summed E-state index contributed by atoms with van der Waals surface area (Å²) in [6.07, 6.45) is 0. The molecule has 0 radical (unpaired) electrons. The Kier molecular flexibility index (Phi) is 2.69. The quantitative estimate of drug-likeness (QED) is 0.509. The van der Waals surface area contributed by atoms with E-state index in [4.69, 9.17) is 5.11 Å². The molecule has 0 aliphatic rings. The molecule has 12 heavy (non-hydrogen) atoms. The summed E-state index contributed by atoms with van der Waals surface area (Å²) in [7, 11) is 0. The van der Waals surface area contributed by atoms with Crippen molar-refractivity contribution in [2.75, 3.05) is 0 Å². The van der Waals surface area contributed by atoms with Gasteiger partial charge in [-0.25, -0.2) is 0 Å². The smallest absolute Gasteiger partial charge is 0.273 e. The Morgan fingerprint density at radius 2 is 2.17 bits per heavy atom. The largest absolute Gasteiger partial charge is 0.506 e. The Morgan fingerprint density at radius 3 is 2.58 bits per heavy atom. The first kappa shape index (κ1) is 9.04. The molecule has 1 aromatic carbocycles. The van der Waals surface area contributed by atoms with E-state index < -0.39 is 26.1 Å². The number of benzene rings is 1. The van der Waals surface area contributed by atoms with Crippen molar-refractivity contribution < 1.29 is 13.1 Å². The lowest BCUT2D eigenvalue weighted by Crippen LogP contribution is -1.87. The number of halogens is 1. The lowest BCUT2D eigenvalue weighted by atomic mass is 10.3. The predicted octanol–water partition coefficient (Wildman–Crippen LogP) is 1.79. The third kappa shape index (κ3) is 1.76. The van der Waals surface area contributed by atoms with Gasteiger partial charge in [0.25, 0.3) is 5.69 Å². The van der Waals surface area contributed by atoms with Gasteiger partial charge in [0.15, 0.2) is 21.2 Å². The summed E-state index contributed by atoms with van der Waals surface area (Å²) in [4.78, 5) is 9.56. The minimum absolute atomic E-state index is 0.200. The zero-order chi connectivity index (χ0) is 9.14. The number of hydrogen-bond donors (Lipinski definition) is 1. The van der Waals surface area contributed by atoms with Crippen LogP contribution in [0.4, 0.5) is 5.69 Å². The molecule has 1 N–H and O–H groups in total. The maximum atomic E-state index is 10.4. The standard InChI is InChI=1S/C6H4INO4/c9-6-3-4(8(11)12)1-2-5(6)7-10/h1-3,9H. The summed E-state index contributed by atoms with van der Waals surface area (Å²) >= 11 is -1.47. The van der Waals surface area contributed by atoms with Gasteiger partial charge in [-0.2, -0.15) is 0 Å². The van der Waals surface area contributed by atoms with E-state index >= 15 is 0 Å². The molecule has 0 aliphatic carbocycles. The number of phenols is 1. The van der Waals surface area contributed by atoms with Gasteiger partial charge in [-0.05, 0) is 6.07 Å². The molecule has 64 valence electrons. The first-order valence-corrected chi connectivity index (χ1v) is 4.85. The molecule has 0 fully saturated rings. The van der Waals surface area contributed by atoms with Crippen molar-refractivity contribution in [1.82, 2.24) is 0 Å². The molecule has 1 rings (SSSR count). The normalized spacial score (nSPS) is 9.67. The SMILES string of the molecule is O=Ic1ccc([N+](=O)[O-])cc1O. The second kappa shape index (κ2) is 3.57. The first-order chi connectivity index (χ1) is 5.65. The van der Waals surface area contributed by atoms with E-state index in [0.717, 1.165) is 6.07 Å². The van der Waals surface area contributed by atoms with E-state index in [1.54, 1.807) is 0 Å². The Hall–Kier alpha value is -1.05. The van der Waals surface area contributed by atoms with Crippen LogP contribution in [0.25, 0.3) is 0 Å². The molecule has 0 atom stereocenters. The molecule has 0 bridgehead atoms. The third-order valence-electron chi connectivity index (χ3n) is 1.22. The molecule has 0 unspecified atom stereocenters. The number of nitro benzene ring substituents is 1. The van der Waals surface area contributed by atoms with Crippen molar-refractivity contribution >= 4 is 26.9 Å². The maximum absolute atomic E-state index is 10.4. The minimum atomic E-state index is -1.47. The highest BCUT2D eigenvalue weighted by atomic mass is 127. The summed E-state index contributed by atoms with van der Waals surface area (Å²) in [5.41, 5.74) is -0.200. The van der Waals surface area contributed by atoms with Crippen molar-refractivity contribution in [1.29, 1.82) is 0 Å². The molecule has 0 amide bonds. The summed E-state index contributed by atoms with van der Waals surface area (Å²) in [5, 5.41) is 19.2. The van der Waals surface area contributed by atoms with E-state index in [2.05, 4.69) is 0 Å². The Morgan fingerprint density at radius 1 is 1.50 bits per heavy atom. The van der Waals surface area contributed by atoms with Gasteiger partial charge < -0.3 is 5.11 Å². The lowest BCUT2D eigenvalue weighted by molar-refractivity contribution is -0.384. The van der Waals surface area contributed by atoms with E-state index in [-0.39, 0.29) is 15.0 Å². The summed E-state index contributed by atoms with van der Waals surface area (Å²) in [6.45, 7) is 0. The Balaban J connectivity index is 3.18. The van der Waals surface area contributed by atoms with Gasteiger partial charge in [0.2, 0.25) is 0 Å². The molecule has 1 aromatic rings. The fraction of sp³-hybridized carbons (Fsp3) is 0. The Labute approximate surface area is 77.8 Å². The van der Waals surface area contributed by atoms with Gasteiger partial charge in [-0.15, -0.1) is 0 Å². The van der Waals surface area contributed by atoms with Crippen LogP contribution in [0.3, 0.4) is 0 Å². The molecule has 0 heterocycles. The van der Waals surface area contributed by atoms with Crippen LogP contribution in [-0.2, 0) is 3.07 Å². The van der Waals surface area contributed by atoms with E-state index in [1.165, 1.54) is 12.1 Å². The van der Waals surface area contributed by atoms with Crippen LogP contribution in [0.2, 0.25) is 0 Å². The Bertz CT molecular complexity index is 338. The van der Waals surface area contributed by atoms with Gasteiger partial charge in [-0.1, -0.05) is 0 Å². The number of phenolic OH excluding ortho intramolecular Hbond substituents is 1. The molecule has 0 aliphatic heterocycles. The van der Waals surface area contributed by atoms with Crippen LogP contribution < -0.4 is 0 Å². The topological polar surface area (TPSA) is 80.4 Å². The number of nitro groups is 1. The minimum Gasteiger partial charge on any atom is -0.506 e. The summed E-state index contributed by atoms with van der Waals surface area (Å²) in [6, 6.07) is 3.51. The van der Waals surface area contributed by atoms with Gasteiger partial charge >= 0.3 is 0 Å². The zero-order valence-electron chi connectivity index (χ0n) is 5.73. The average Bonchev–Trinajstić information content (AvgIpc) is 2.04. The molecule has 0 saturated heterocycles. The van der Waals surface area contributed by atoms with E-state index in [1.807, 2.05) is 0 Å². The van der Waals surface area contributed by atoms with Gasteiger partial charge in [0, 0.05) is 6.07 Å². The first-order valence-electron chi connectivity index (χ1n) is 2.89. The van der Waals surface area contributed by atoms with Gasteiger partial charge in [-0.3, -0.25) is 13.2 Å². The van der Waals surface area contributed by atoms with E-state index in [9.17, 15) is 13.2 Å². The molecule has 0 aromatic heterocycles. The predicted molar refractivity (Wildman–Crippen MR) is 48.2 cm³/mol. The van der Waals surface area contributed by atoms with Crippen molar-refractivity contribution in [2.24, 2.45) is 0 Å². The van der Waals surface area contributed by atoms with Crippen molar-refractivity contribution in [2.45, 2.75) is 0 Å². The highest BCUT2D eigenvalue weighted by Crippen LogP contribution is 2.26. The van der Waals surface area contributed by atoms with Crippen LogP contribution in [-0.4, -0.2) is 10.0 Å². The molecular weight excluding hydrogens is 277 g/mol. The highest BCUT2D eigenvalue weighted by Gasteiger charge is 2.09. The summed E-state index contributed by atoms with van der Waals surface area (Å²) in [5.74, 6) is -0.271. The maximum Gasteiger partial charge on any atom is 0.273 e. The fourth-order valence-electron chi connectivity index (χ4n) is 0.680. The van der Waals surface area contributed by atoms with Crippen LogP contribution >= 0.6 is 21.2 Å². The van der Waals surface area contributed by atoms with Crippen LogP contribution in [0, 0.1) is 13.7 Å². The number of rotatable bonds is 2. The number of hydrogen-bond acceptors (Lipinski definition) is 4. The van der Waals surface area contributed by atoms with Gasteiger partial charge in [0.05, 0.1) is 14.6 Å². The van der Waals surface area contributed by atoms with Crippen LogP contribution in [0.15, 0.2) is 18.2 Å². The fourth-order valence-corrected chi connectivity index (χ4v) is 1.39. The second-order valence-electron chi connectivity index (χ2n) is 1.97. The van der Waals surface area contributed by atoms with Crippen molar-refractivity contribution in [3.63, 3.8) is 0 Å². The van der Waals surface area contributed by atoms with Gasteiger partial charge in [0.1, 0.15) is 5.75 Å². The molecule has 6 heteroatoms. The molecular formula is C6H4INO4. The summed E-state index contributed by atoms with van der Waals surface area (Å²) < 4.78 is 10.7. The highest BCUT2D eigenvalue weighted by molar-refractivity contribution is 14.1. The monoisotopic (exact) mass is 281 g/mol. The average molecular weight is 281 g/mol. The van der Waals surface area contributed by atoms with Crippen LogP contribution in [0.5, 0.6) is 5.75 Å². The third-order valence-corrected chi connectivity index (χ3v) is 2.61. The molecule has 5 nitrogen and oxygen atoms in total. The van der Waals surface area contributed by atoms with Crippen molar-refractivity contribution in [3.05, 3.63) is 31.9 Å². The lowest BCUT2D eigenvalue weighted by Gasteiger charge is -1.94. The number of aromatic hydroxyl groups is 1. The number of non-ortho nitro benzene ring substituents is 1. The second-order valence-corrected chi connectivity index (χ2v) is 3.57. The van der Waals surface area contributed by atoms with Crippen molar-refractivity contribution in [3.8, 4) is 5.75 Å². The molecule has 0 saturated carbocycles. The zero-order valence-corrected chi connectivity index (χ0v) is 7.89. The molecule has 0 spiro atoms. The van der Waals surface area contributed by atoms with E-state index in [0.29, 0.717) is 0 Å².